The number of allylic oxidation sites excluding steroid dienone is 9. The van der Waals surface area contributed by atoms with Gasteiger partial charge in [-0.25, -0.2) is 4.98 Å². The molecule has 0 aliphatic carbocycles. The Morgan fingerprint density at radius 3 is 2.21 bits per heavy atom. The smallest absolute Gasteiger partial charge is 0.190 e. The van der Waals surface area contributed by atoms with Crippen LogP contribution in [0.4, 0.5) is 5.69 Å². The molecule has 42 heavy (non-hydrogen) atoms. The van der Waals surface area contributed by atoms with Gasteiger partial charge in [0.05, 0.1) is 12.3 Å². The van der Waals surface area contributed by atoms with Crippen molar-refractivity contribution in [2.45, 2.75) is 40.2 Å². The molecule has 5 nitrogen and oxygen atoms in total. The molecule has 0 unspecified atom stereocenters. The largest absolute Gasteiger partial charge is 0.494 e. The Kier molecular flexibility index (Phi) is 15.7. The maximum atomic E-state index is 6.01. The van der Waals surface area contributed by atoms with Crippen LogP contribution in [0.3, 0.4) is 0 Å². The molecule has 6 heteroatoms. The van der Waals surface area contributed by atoms with Crippen molar-refractivity contribution >= 4 is 23.4 Å². The average Bonchev–Trinajstić information content (AvgIpc) is 3.29. The summed E-state index contributed by atoms with van der Waals surface area (Å²) < 4.78 is 14.0. The van der Waals surface area contributed by atoms with E-state index >= 15 is 0 Å². The van der Waals surface area contributed by atoms with Crippen molar-refractivity contribution in [1.29, 1.82) is 0 Å². The lowest BCUT2D eigenvalue weighted by Crippen LogP contribution is -2.09. The summed E-state index contributed by atoms with van der Waals surface area (Å²) in [6.45, 7) is 18.8. The summed E-state index contributed by atoms with van der Waals surface area (Å²) in [6.07, 6.45) is 21.0. The van der Waals surface area contributed by atoms with Gasteiger partial charge in [-0.05, 0) is 74.5 Å². The van der Waals surface area contributed by atoms with Crippen LogP contribution >= 0.6 is 11.6 Å². The molecule has 0 saturated heterocycles. The monoisotopic (exact) mass is 583 g/mol. The normalized spacial score (nSPS) is 11.1. The number of hydrogen-bond donors (Lipinski definition) is 1. The van der Waals surface area contributed by atoms with Gasteiger partial charge < -0.3 is 19.4 Å². The molecule has 0 bridgehead atoms. The zero-order valence-corrected chi connectivity index (χ0v) is 25.7. The first-order valence-corrected chi connectivity index (χ1v) is 14.5. The highest BCUT2D eigenvalue weighted by atomic mass is 35.5. The Bertz CT molecular complexity index is 1380. The fourth-order valence-corrected chi connectivity index (χ4v) is 3.97. The number of benzene rings is 2. The molecule has 0 aliphatic heterocycles. The van der Waals surface area contributed by atoms with Gasteiger partial charge in [0.2, 0.25) is 0 Å². The third-order valence-corrected chi connectivity index (χ3v) is 5.95. The molecule has 3 aromatic rings. The third kappa shape index (κ3) is 11.9. The van der Waals surface area contributed by atoms with Crippen molar-refractivity contribution in [3.05, 3.63) is 151 Å². The maximum Gasteiger partial charge on any atom is 0.190 e. The van der Waals surface area contributed by atoms with E-state index in [0.717, 1.165) is 42.3 Å². The Labute approximate surface area is 256 Å². The van der Waals surface area contributed by atoms with E-state index in [0.29, 0.717) is 23.3 Å². The minimum Gasteiger partial charge on any atom is -0.494 e. The molecule has 1 heterocycles. The lowest BCUT2D eigenvalue weighted by molar-refractivity contribution is 0.300. The number of hydrogen-bond acceptors (Lipinski definition) is 4. The number of aryl methyl sites for hydroxylation is 1. The zero-order valence-electron chi connectivity index (χ0n) is 24.9. The first kappa shape index (κ1) is 33.7. The first-order valence-electron chi connectivity index (χ1n) is 14.1. The van der Waals surface area contributed by atoms with Gasteiger partial charge >= 0.3 is 0 Å². The lowest BCUT2D eigenvalue weighted by atomic mass is 10.2. The molecular weight excluding hydrogens is 542 g/mol. The summed E-state index contributed by atoms with van der Waals surface area (Å²) >= 11 is 5.92. The highest BCUT2D eigenvalue weighted by Gasteiger charge is 2.11. The van der Waals surface area contributed by atoms with Gasteiger partial charge in [-0.15, -0.1) is 0 Å². The minimum atomic E-state index is 0.417. The standard InChI is InChI=1S/C34H36ClN3O2.C2H6/c1-5-7-9-11-13-16-34-33(15-12-10-8-6-2)36-27(3)38(34)25-14-26-39-31-23-19-30(20-24-31)37-28(4)40-32-21-17-29(35)18-22-32;1-2/h5-13,15,17-24,37H,1-2,4,14,16,25-26H2,3H3;1-2H3/b9-7-,10-8-,13-11-,15-12+;. The van der Waals surface area contributed by atoms with Crippen molar-refractivity contribution in [1.82, 2.24) is 9.55 Å². The molecule has 220 valence electrons. The topological polar surface area (TPSA) is 48.3 Å². The third-order valence-electron chi connectivity index (χ3n) is 5.70. The van der Waals surface area contributed by atoms with Gasteiger partial charge in [-0.2, -0.15) is 0 Å². The molecule has 0 fully saturated rings. The lowest BCUT2D eigenvalue weighted by Gasteiger charge is -2.13. The van der Waals surface area contributed by atoms with Gasteiger partial charge in [-0.3, -0.25) is 0 Å². The SMILES string of the molecule is C=C/C=C\C=C/Cc1c(/C=C/C=C\C=C)nc(C)n1CCCOc1ccc(NC(=C)Oc2ccc(Cl)cc2)cc1.CC. The van der Waals surface area contributed by atoms with E-state index < -0.39 is 0 Å². The fraction of sp³-hybridized carbons (Fsp3) is 0.194. The molecule has 0 radical (unpaired) electrons. The fourth-order valence-electron chi connectivity index (χ4n) is 3.85. The van der Waals surface area contributed by atoms with E-state index in [1.165, 1.54) is 5.69 Å². The Hall–Kier alpha value is -4.48. The van der Waals surface area contributed by atoms with Crippen molar-refractivity contribution in [3.8, 4) is 11.5 Å². The predicted molar refractivity (Wildman–Crippen MR) is 180 cm³/mol. The maximum absolute atomic E-state index is 6.01. The van der Waals surface area contributed by atoms with Crippen LogP contribution in [-0.4, -0.2) is 16.2 Å². The van der Waals surface area contributed by atoms with Gasteiger partial charge in [0, 0.05) is 29.4 Å². The van der Waals surface area contributed by atoms with Crippen LogP contribution in [0, 0.1) is 6.92 Å². The molecule has 1 aromatic heterocycles. The van der Waals surface area contributed by atoms with Crippen molar-refractivity contribution in [2.24, 2.45) is 0 Å². The summed E-state index contributed by atoms with van der Waals surface area (Å²) in [4.78, 5) is 4.80. The number of rotatable bonds is 16. The summed E-state index contributed by atoms with van der Waals surface area (Å²) in [5.41, 5.74) is 2.99. The van der Waals surface area contributed by atoms with E-state index in [1.807, 2.05) is 87.6 Å². The van der Waals surface area contributed by atoms with Crippen LogP contribution in [0.5, 0.6) is 11.5 Å². The van der Waals surface area contributed by atoms with E-state index in [9.17, 15) is 0 Å². The van der Waals surface area contributed by atoms with Gasteiger partial charge in [0.25, 0.3) is 0 Å². The summed E-state index contributed by atoms with van der Waals surface area (Å²) in [7, 11) is 0. The number of nitrogens with one attached hydrogen (secondary N) is 1. The summed E-state index contributed by atoms with van der Waals surface area (Å²) in [6, 6.07) is 14.8. The number of ether oxygens (including phenoxy) is 2. The first-order chi connectivity index (χ1) is 20.5. The number of halogens is 1. The Balaban J connectivity index is 0.00000301. The van der Waals surface area contributed by atoms with Gasteiger partial charge in [-0.1, -0.05) is 93.3 Å². The second-order valence-electron chi connectivity index (χ2n) is 8.71. The number of anilines is 1. The molecule has 0 aliphatic rings. The highest BCUT2D eigenvalue weighted by molar-refractivity contribution is 6.30. The highest BCUT2D eigenvalue weighted by Crippen LogP contribution is 2.21. The summed E-state index contributed by atoms with van der Waals surface area (Å²) in [5, 5.41) is 3.79. The van der Waals surface area contributed by atoms with Crippen LogP contribution in [0.1, 0.15) is 37.5 Å². The molecule has 0 saturated carbocycles. The molecular formula is C36H42ClN3O2. The molecule has 2 aromatic carbocycles. The van der Waals surface area contributed by atoms with Crippen molar-refractivity contribution < 1.29 is 9.47 Å². The van der Waals surface area contributed by atoms with Crippen molar-refractivity contribution in [2.75, 3.05) is 11.9 Å². The second kappa shape index (κ2) is 19.6. The van der Waals surface area contributed by atoms with Crippen LogP contribution in [0.15, 0.2) is 129 Å². The average molecular weight is 584 g/mol. The second-order valence-corrected chi connectivity index (χ2v) is 9.14. The number of imidazole rings is 1. The Morgan fingerprint density at radius 1 is 0.905 bits per heavy atom. The molecule has 0 atom stereocenters. The quantitative estimate of drug-likeness (QED) is 0.103. The van der Waals surface area contributed by atoms with E-state index in [2.05, 4.69) is 35.7 Å². The van der Waals surface area contributed by atoms with E-state index in [1.54, 1.807) is 36.4 Å². The van der Waals surface area contributed by atoms with Crippen molar-refractivity contribution in [3.63, 3.8) is 0 Å². The van der Waals surface area contributed by atoms with Crippen LogP contribution < -0.4 is 14.8 Å². The van der Waals surface area contributed by atoms with Crippen LogP contribution in [-0.2, 0) is 13.0 Å². The predicted octanol–water partition coefficient (Wildman–Crippen LogP) is 9.90. The van der Waals surface area contributed by atoms with Crippen LogP contribution in [0.2, 0.25) is 5.02 Å². The minimum absolute atomic E-state index is 0.417. The van der Waals surface area contributed by atoms with E-state index in [4.69, 9.17) is 26.1 Å². The molecule has 3 rings (SSSR count). The zero-order chi connectivity index (χ0) is 30.6. The van der Waals surface area contributed by atoms with Gasteiger partial charge in [0.1, 0.15) is 17.3 Å². The van der Waals surface area contributed by atoms with Gasteiger partial charge in [0.15, 0.2) is 5.88 Å². The number of nitrogens with zero attached hydrogens (tertiary/aromatic N) is 2. The summed E-state index contributed by atoms with van der Waals surface area (Å²) in [5.74, 6) is 2.85. The number of aromatic nitrogens is 2. The molecule has 0 amide bonds. The molecule has 0 spiro atoms. The molecule has 1 N–H and O–H groups in total. The Morgan fingerprint density at radius 2 is 1.55 bits per heavy atom. The van der Waals surface area contributed by atoms with E-state index in [-0.39, 0.29) is 0 Å². The van der Waals surface area contributed by atoms with Crippen LogP contribution in [0.25, 0.3) is 6.08 Å².